The van der Waals surface area contributed by atoms with Gasteiger partial charge in [-0.05, 0) is 63.4 Å². The molecule has 2 amide bonds. The van der Waals surface area contributed by atoms with Crippen LogP contribution in [0.2, 0.25) is 0 Å². The van der Waals surface area contributed by atoms with Gasteiger partial charge in [-0.15, -0.1) is 0 Å². The maximum Gasteiger partial charge on any atom is 0.249 e. The Balaban J connectivity index is 1.11. The zero-order valence-electron chi connectivity index (χ0n) is 32.5. The number of fused-ring (bicyclic) bond motifs is 4. The Bertz CT molecular complexity index is 2230. The lowest BCUT2D eigenvalue weighted by Gasteiger charge is -2.44. The molecule has 6 aliphatic heterocycles. The highest BCUT2D eigenvalue weighted by Crippen LogP contribution is 2.50. The van der Waals surface area contributed by atoms with Gasteiger partial charge in [-0.3, -0.25) is 19.4 Å². The third-order valence-electron chi connectivity index (χ3n) is 12.2. The Morgan fingerprint density at radius 3 is 2.72 bits per heavy atom. The smallest absolute Gasteiger partial charge is 0.249 e. The molecule has 1 aromatic carbocycles. The average Bonchev–Trinajstić information content (AvgIpc) is 4.03. The molecule has 8 rings (SSSR count). The number of β-amino-alcohol motifs (C(OH)–C–C–N with tert-alkyl or cyclic N) is 1. The van der Waals surface area contributed by atoms with Gasteiger partial charge in [0.25, 0.3) is 0 Å². The minimum Gasteiger partial charge on any atom is -0.482 e. The molecule has 17 heteroatoms. The summed E-state index contributed by atoms with van der Waals surface area (Å²) in [5, 5.41) is 60.6. The number of nitrogens with one attached hydrogen (secondary N) is 2. The number of allylic oxidation sites excluding steroid dienone is 2. The van der Waals surface area contributed by atoms with E-state index < -0.39 is 67.3 Å². The zero-order chi connectivity index (χ0) is 41.1. The third kappa shape index (κ3) is 6.93. The summed E-state index contributed by atoms with van der Waals surface area (Å²) in [7, 11) is 0. The van der Waals surface area contributed by atoms with Crippen molar-refractivity contribution in [3.63, 3.8) is 0 Å². The number of anilines is 1. The second kappa shape index (κ2) is 15.4. The fourth-order valence-electron chi connectivity index (χ4n) is 8.89. The predicted octanol–water partition coefficient (Wildman–Crippen LogP) is 0.498. The Labute approximate surface area is 333 Å². The van der Waals surface area contributed by atoms with Crippen molar-refractivity contribution in [3.8, 4) is 5.75 Å². The van der Waals surface area contributed by atoms with Gasteiger partial charge in [-0.1, -0.05) is 6.92 Å². The monoisotopic (exact) mass is 803 g/mol. The van der Waals surface area contributed by atoms with Crippen molar-refractivity contribution in [2.75, 3.05) is 37.7 Å². The number of carbonyl (C=O) groups is 2. The average molecular weight is 804 g/mol. The summed E-state index contributed by atoms with van der Waals surface area (Å²) in [6, 6.07) is 2.56. The molecule has 1 fully saturated rings. The van der Waals surface area contributed by atoms with Crippen molar-refractivity contribution in [3.05, 3.63) is 81.3 Å². The fraction of sp³-hybridized carbons (Fsp3) is 0.512. The summed E-state index contributed by atoms with van der Waals surface area (Å²) in [5.74, 6) is 0.434. The van der Waals surface area contributed by atoms with Crippen molar-refractivity contribution < 1.29 is 54.1 Å². The minimum absolute atomic E-state index is 0.0325. The number of nitrogens with zero attached hydrogens (tertiary/aromatic N) is 3. The molecule has 8 atom stereocenters. The molecule has 1 saturated heterocycles. The number of aliphatic imine (C=N–C) groups is 1. The van der Waals surface area contributed by atoms with Gasteiger partial charge in [0.1, 0.15) is 53.7 Å². The fourth-order valence-corrected chi connectivity index (χ4v) is 8.89. The lowest BCUT2D eigenvalue weighted by Crippen LogP contribution is -2.65. The lowest BCUT2D eigenvalue weighted by molar-refractivity contribution is -0.365. The van der Waals surface area contributed by atoms with Crippen LogP contribution >= 0.6 is 0 Å². The van der Waals surface area contributed by atoms with Crippen LogP contribution in [0.4, 0.5) is 5.69 Å². The number of hydrogen-bond donors (Lipinski definition) is 7. The van der Waals surface area contributed by atoms with E-state index in [4.69, 9.17) is 18.9 Å². The number of aliphatic hydroxyl groups excluding tert-OH is 4. The topological polar surface area (TPSA) is 236 Å². The molecule has 2 aromatic rings. The Morgan fingerprint density at radius 2 is 1.98 bits per heavy atom. The molecular formula is C41H49N5O12. The summed E-state index contributed by atoms with van der Waals surface area (Å²) in [6.45, 7) is 4.26. The summed E-state index contributed by atoms with van der Waals surface area (Å²) < 4.78 is 13.4. The molecule has 8 unspecified atom stereocenters. The molecule has 0 radical (unpaired) electrons. The van der Waals surface area contributed by atoms with Gasteiger partial charge in [-0.25, -0.2) is 9.78 Å². The molecule has 0 bridgehead atoms. The standard InChI is InChI=1S/C41H49N5O12/c1-4-28-24-6-9-43-27(24)17-45(28)36-37-23(13-25-30(48)11-21(2)56-38(25)36)14-33(40(3,57-37)8-5-22-12-34(51)44-16-22)58-55-19-32(50)41(54,39(53)31(49)18-47)20-46-29-7-10-42-26(29)15-35(46)52/h6-7,9-11,13,15,22,29,31-33,39,42,47,49-50,53-54H,4-5,8,12,14,16-20H2,1-3H3,(H,44,51). The third-order valence-corrected chi connectivity index (χ3v) is 12.2. The number of benzene rings is 1. The Morgan fingerprint density at radius 1 is 1.17 bits per heavy atom. The zero-order valence-corrected chi connectivity index (χ0v) is 32.5. The van der Waals surface area contributed by atoms with Gasteiger partial charge < -0.3 is 55.1 Å². The van der Waals surface area contributed by atoms with Crippen LogP contribution in [-0.4, -0.2) is 122 Å². The largest absolute Gasteiger partial charge is 0.482 e. The molecule has 0 aliphatic carbocycles. The van der Waals surface area contributed by atoms with Gasteiger partial charge in [-0.2, -0.15) is 0 Å². The van der Waals surface area contributed by atoms with E-state index in [0.29, 0.717) is 78.2 Å². The Kier molecular flexibility index (Phi) is 10.6. The first-order chi connectivity index (χ1) is 27.7. The maximum absolute atomic E-state index is 13.6. The number of aryl methyl sites for hydroxylation is 1. The molecule has 310 valence electrons. The van der Waals surface area contributed by atoms with E-state index in [-0.39, 0.29) is 23.7 Å². The van der Waals surface area contributed by atoms with Crippen molar-refractivity contribution in [1.29, 1.82) is 0 Å². The summed E-state index contributed by atoms with van der Waals surface area (Å²) in [5.41, 5.74) is 1.06. The van der Waals surface area contributed by atoms with Crippen molar-refractivity contribution in [2.24, 2.45) is 10.9 Å². The molecule has 58 heavy (non-hydrogen) atoms. The van der Waals surface area contributed by atoms with Crippen LogP contribution < -0.4 is 25.7 Å². The van der Waals surface area contributed by atoms with Crippen molar-refractivity contribution >= 4 is 34.2 Å². The molecular weight excluding hydrogens is 754 g/mol. The van der Waals surface area contributed by atoms with E-state index >= 15 is 0 Å². The van der Waals surface area contributed by atoms with Crippen LogP contribution in [0.3, 0.4) is 0 Å². The molecule has 0 spiro atoms. The lowest BCUT2D eigenvalue weighted by atomic mass is 9.83. The van der Waals surface area contributed by atoms with E-state index in [9.17, 15) is 39.9 Å². The summed E-state index contributed by atoms with van der Waals surface area (Å²) in [4.78, 5) is 58.2. The maximum atomic E-state index is 13.6. The van der Waals surface area contributed by atoms with Gasteiger partial charge in [0, 0.05) is 60.3 Å². The number of carbonyl (C=O) groups excluding carboxylic acids is 2. The highest BCUT2D eigenvalue weighted by molar-refractivity contribution is 6.13. The highest BCUT2D eigenvalue weighted by atomic mass is 17.2. The molecule has 1 aromatic heterocycles. The van der Waals surface area contributed by atoms with Crippen molar-refractivity contribution in [1.82, 2.24) is 15.5 Å². The normalized spacial score (nSPS) is 27.2. The molecule has 6 aliphatic rings. The first kappa shape index (κ1) is 39.9. The molecule has 7 heterocycles. The SMILES string of the molecule is CCC1=C2C=CN=C2CN1c1c2c(cc3c(=O)cc(C)oc13)CC(OOCC(O)C(O)(CN1C(=O)C=C3NC=CC31)C(O)C(O)CO)C(C)(CCC1CNC(=O)C1)O2. The number of aliphatic hydroxyl groups is 5. The van der Waals surface area contributed by atoms with Crippen molar-refractivity contribution in [2.45, 2.75) is 94.5 Å². The van der Waals surface area contributed by atoms with Crippen LogP contribution in [-0.2, 0) is 25.8 Å². The number of rotatable bonds is 15. The predicted molar refractivity (Wildman–Crippen MR) is 208 cm³/mol. The molecule has 17 nitrogen and oxygen atoms in total. The number of hydrogen-bond acceptors (Lipinski definition) is 15. The van der Waals surface area contributed by atoms with Crippen LogP contribution in [0, 0.1) is 12.8 Å². The quantitative estimate of drug-likeness (QED) is 0.0960. The second-order valence-electron chi connectivity index (χ2n) is 16.1. The van der Waals surface area contributed by atoms with E-state index in [2.05, 4.69) is 20.5 Å². The molecule has 7 N–H and O–H groups in total. The van der Waals surface area contributed by atoms with E-state index in [0.717, 1.165) is 17.0 Å². The van der Waals surface area contributed by atoms with Crippen LogP contribution in [0.15, 0.2) is 73.9 Å². The second-order valence-corrected chi connectivity index (χ2v) is 16.1. The van der Waals surface area contributed by atoms with Crippen LogP contribution in [0.1, 0.15) is 50.9 Å². The van der Waals surface area contributed by atoms with Crippen LogP contribution in [0.5, 0.6) is 5.75 Å². The van der Waals surface area contributed by atoms with E-state index in [1.165, 1.54) is 17.0 Å². The summed E-state index contributed by atoms with van der Waals surface area (Å²) in [6.07, 6.45) is 3.70. The van der Waals surface area contributed by atoms with Gasteiger partial charge in [0.2, 0.25) is 11.8 Å². The Hall–Kier alpha value is -4.88. The van der Waals surface area contributed by atoms with Crippen LogP contribution in [0.25, 0.3) is 11.0 Å². The molecule has 0 saturated carbocycles. The van der Waals surface area contributed by atoms with E-state index in [1.807, 2.05) is 19.9 Å². The number of amides is 2. The minimum atomic E-state index is -2.60. The number of ether oxygens (including phenoxy) is 1. The van der Waals surface area contributed by atoms with Gasteiger partial charge >= 0.3 is 0 Å². The first-order valence-electron chi connectivity index (χ1n) is 19.7. The van der Waals surface area contributed by atoms with Gasteiger partial charge in [0.15, 0.2) is 16.8 Å². The van der Waals surface area contributed by atoms with Gasteiger partial charge in [0.05, 0.1) is 36.8 Å². The van der Waals surface area contributed by atoms with E-state index in [1.54, 1.807) is 31.5 Å². The first-order valence-corrected chi connectivity index (χ1v) is 19.7. The summed E-state index contributed by atoms with van der Waals surface area (Å²) >= 11 is 0. The highest BCUT2D eigenvalue weighted by Gasteiger charge is 2.51.